The highest BCUT2D eigenvalue weighted by molar-refractivity contribution is 8.02. The lowest BCUT2D eigenvalue weighted by molar-refractivity contribution is -0.139. The van der Waals surface area contributed by atoms with E-state index in [4.69, 9.17) is 4.74 Å². The van der Waals surface area contributed by atoms with Gasteiger partial charge in [0.15, 0.2) is 0 Å². The third-order valence-electron chi connectivity index (χ3n) is 7.88. The van der Waals surface area contributed by atoms with Crippen LogP contribution in [0.5, 0.6) is 5.75 Å². The minimum atomic E-state index is -0.628. The molecule has 4 rings (SSSR count). The second kappa shape index (κ2) is 11.0. The third kappa shape index (κ3) is 4.72. The summed E-state index contributed by atoms with van der Waals surface area (Å²) in [7, 11) is 0. The van der Waals surface area contributed by atoms with E-state index < -0.39 is 27.4 Å². The number of fused-ring (bicyclic) bond motifs is 1. The summed E-state index contributed by atoms with van der Waals surface area (Å²) < 4.78 is 4.44. The van der Waals surface area contributed by atoms with Crippen molar-refractivity contribution in [3.8, 4) is 5.75 Å². The fourth-order valence-corrected chi connectivity index (χ4v) is 8.67. The normalized spacial score (nSPS) is 30.4. The SMILES string of the molecule is CCCCCNC(=O)C1N(CCCO)C(=O)[C@@H]2[C@@H](C(=O)Nc3ccc(OCC)cc3)[C@@]3(C)CCC12S3. The first-order valence-electron chi connectivity index (χ1n) is 13.2. The van der Waals surface area contributed by atoms with Crippen molar-refractivity contribution in [3.05, 3.63) is 24.3 Å². The van der Waals surface area contributed by atoms with Gasteiger partial charge in [-0.15, -0.1) is 11.8 Å². The number of anilines is 1. The van der Waals surface area contributed by atoms with Crippen LogP contribution in [0.2, 0.25) is 0 Å². The number of thioether (sulfide) groups is 1. The van der Waals surface area contributed by atoms with Crippen LogP contribution in [0.3, 0.4) is 0 Å². The number of unbranched alkanes of at least 4 members (excludes halogenated alkanes) is 2. The quantitative estimate of drug-likeness (QED) is 0.368. The van der Waals surface area contributed by atoms with Gasteiger partial charge >= 0.3 is 0 Å². The lowest BCUT2D eigenvalue weighted by Gasteiger charge is -2.34. The van der Waals surface area contributed by atoms with E-state index in [9.17, 15) is 19.5 Å². The topological polar surface area (TPSA) is 108 Å². The molecule has 1 aromatic carbocycles. The number of likely N-dealkylation sites (tertiary alicyclic amines) is 1. The van der Waals surface area contributed by atoms with E-state index in [1.807, 2.05) is 19.1 Å². The summed E-state index contributed by atoms with van der Waals surface area (Å²) in [5, 5.41) is 15.5. The zero-order valence-electron chi connectivity index (χ0n) is 21.5. The van der Waals surface area contributed by atoms with Gasteiger partial charge in [0.2, 0.25) is 17.7 Å². The Morgan fingerprint density at radius 3 is 2.56 bits per heavy atom. The van der Waals surface area contributed by atoms with E-state index in [1.165, 1.54) is 0 Å². The van der Waals surface area contributed by atoms with Crippen LogP contribution in [-0.2, 0) is 14.4 Å². The number of hydrogen-bond donors (Lipinski definition) is 3. The minimum absolute atomic E-state index is 0.0567. The van der Waals surface area contributed by atoms with Crippen LogP contribution in [-0.4, -0.2) is 69.6 Å². The molecule has 0 aromatic heterocycles. The number of aliphatic hydroxyl groups excluding tert-OH is 1. The van der Waals surface area contributed by atoms with Crippen molar-refractivity contribution in [2.45, 2.75) is 74.8 Å². The summed E-state index contributed by atoms with van der Waals surface area (Å²) in [6, 6.07) is 6.61. The molecule has 9 heteroatoms. The van der Waals surface area contributed by atoms with E-state index in [-0.39, 0.29) is 24.3 Å². The zero-order valence-corrected chi connectivity index (χ0v) is 22.4. The molecular formula is C27H39N3O5S. The first-order valence-corrected chi connectivity index (χ1v) is 14.1. The number of aliphatic hydroxyl groups is 1. The summed E-state index contributed by atoms with van der Waals surface area (Å²) in [5.74, 6) is -0.821. The van der Waals surface area contributed by atoms with Crippen molar-refractivity contribution in [2.24, 2.45) is 11.8 Å². The number of nitrogens with zero attached hydrogens (tertiary/aromatic N) is 1. The molecule has 3 amide bonds. The molecule has 3 aliphatic heterocycles. The van der Waals surface area contributed by atoms with Gasteiger partial charge in [-0.05, 0) is 63.8 Å². The van der Waals surface area contributed by atoms with Crippen LogP contribution in [0, 0.1) is 11.8 Å². The van der Waals surface area contributed by atoms with E-state index in [0.717, 1.165) is 37.9 Å². The molecule has 0 saturated carbocycles. The number of rotatable bonds is 12. The van der Waals surface area contributed by atoms with Gasteiger partial charge in [-0.2, -0.15) is 0 Å². The van der Waals surface area contributed by atoms with Crippen molar-refractivity contribution >= 4 is 35.2 Å². The van der Waals surface area contributed by atoms with Crippen LogP contribution < -0.4 is 15.4 Å². The van der Waals surface area contributed by atoms with Crippen LogP contribution in [0.4, 0.5) is 5.69 Å². The number of amides is 3. The Bertz CT molecular complexity index is 973. The molecule has 198 valence electrons. The third-order valence-corrected chi connectivity index (χ3v) is 9.86. The highest BCUT2D eigenvalue weighted by atomic mass is 32.2. The van der Waals surface area contributed by atoms with Crippen LogP contribution >= 0.6 is 11.8 Å². The minimum Gasteiger partial charge on any atom is -0.494 e. The zero-order chi connectivity index (χ0) is 25.9. The Morgan fingerprint density at radius 2 is 1.89 bits per heavy atom. The number of hydrogen-bond acceptors (Lipinski definition) is 6. The largest absolute Gasteiger partial charge is 0.494 e. The van der Waals surface area contributed by atoms with Crippen molar-refractivity contribution in [1.29, 1.82) is 0 Å². The molecule has 0 radical (unpaired) electrons. The van der Waals surface area contributed by atoms with Gasteiger partial charge in [0.1, 0.15) is 11.8 Å². The molecular weight excluding hydrogens is 478 g/mol. The highest BCUT2D eigenvalue weighted by Gasteiger charge is 2.76. The van der Waals surface area contributed by atoms with Crippen molar-refractivity contribution in [3.63, 3.8) is 0 Å². The van der Waals surface area contributed by atoms with E-state index in [0.29, 0.717) is 31.8 Å². The molecule has 8 nitrogen and oxygen atoms in total. The van der Waals surface area contributed by atoms with Crippen LogP contribution in [0.25, 0.3) is 0 Å². The Hall–Kier alpha value is -2.26. The summed E-state index contributed by atoms with van der Waals surface area (Å²) in [4.78, 5) is 42.7. The number of nitrogens with one attached hydrogen (secondary N) is 2. The van der Waals surface area contributed by atoms with Crippen LogP contribution in [0.1, 0.15) is 59.3 Å². The van der Waals surface area contributed by atoms with E-state index in [1.54, 1.807) is 28.8 Å². The fraction of sp³-hybridized carbons (Fsp3) is 0.667. The average Bonchev–Trinajstić information content (AvgIpc) is 3.42. The van der Waals surface area contributed by atoms with Gasteiger partial charge in [0, 0.05) is 30.1 Å². The molecule has 3 heterocycles. The summed E-state index contributed by atoms with van der Waals surface area (Å²) in [6.45, 7) is 7.49. The molecule has 5 atom stereocenters. The predicted octanol–water partition coefficient (Wildman–Crippen LogP) is 3.19. The maximum atomic E-state index is 13.8. The van der Waals surface area contributed by atoms with E-state index in [2.05, 4.69) is 24.5 Å². The Morgan fingerprint density at radius 1 is 1.14 bits per heavy atom. The van der Waals surface area contributed by atoms with Crippen molar-refractivity contribution in [2.75, 3.05) is 31.6 Å². The monoisotopic (exact) mass is 517 g/mol. The maximum absolute atomic E-state index is 13.8. The summed E-state index contributed by atoms with van der Waals surface area (Å²) >= 11 is 1.66. The summed E-state index contributed by atoms with van der Waals surface area (Å²) in [6.07, 6.45) is 4.89. The van der Waals surface area contributed by atoms with Crippen molar-refractivity contribution < 1.29 is 24.2 Å². The lowest BCUT2D eigenvalue weighted by atomic mass is 9.66. The summed E-state index contributed by atoms with van der Waals surface area (Å²) in [5.41, 5.74) is 0.654. The molecule has 1 aromatic rings. The first kappa shape index (κ1) is 26.8. The van der Waals surface area contributed by atoms with Gasteiger partial charge in [-0.25, -0.2) is 0 Å². The average molecular weight is 518 g/mol. The standard InChI is InChI=1S/C27H39N3O5S/c1-4-6-7-15-28-24(33)22-27-14-13-26(3,36-27)20(21(27)25(34)30(22)16-8-17-31)23(32)29-18-9-11-19(12-10-18)35-5-2/h9-12,20-22,31H,4-8,13-17H2,1-3H3,(H,28,33)(H,29,32)/t20-,21-,22?,26+,27?/m0/s1. The van der Waals surface area contributed by atoms with Crippen LogP contribution in [0.15, 0.2) is 24.3 Å². The molecule has 3 saturated heterocycles. The second-order valence-electron chi connectivity index (χ2n) is 10.3. The number of carbonyl (C=O) groups is 3. The smallest absolute Gasteiger partial charge is 0.244 e. The van der Waals surface area contributed by atoms with E-state index >= 15 is 0 Å². The molecule has 3 fully saturated rings. The molecule has 1 spiro atoms. The first-order chi connectivity index (χ1) is 17.3. The van der Waals surface area contributed by atoms with Gasteiger partial charge in [0.05, 0.1) is 23.2 Å². The Kier molecular flexibility index (Phi) is 8.19. The van der Waals surface area contributed by atoms with Gasteiger partial charge in [-0.3, -0.25) is 14.4 Å². The fourth-order valence-electron chi connectivity index (χ4n) is 6.31. The van der Waals surface area contributed by atoms with Gasteiger partial charge in [-0.1, -0.05) is 19.8 Å². The number of carbonyl (C=O) groups excluding carboxylic acids is 3. The molecule has 3 aliphatic rings. The highest BCUT2D eigenvalue weighted by Crippen LogP contribution is 2.71. The molecule has 36 heavy (non-hydrogen) atoms. The number of benzene rings is 1. The lowest BCUT2D eigenvalue weighted by Crippen LogP contribution is -2.54. The van der Waals surface area contributed by atoms with Crippen molar-refractivity contribution in [1.82, 2.24) is 10.2 Å². The molecule has 0 aliphatic carbocycles. The molecule has 2 bridgehead atoms. The maximum Gasteiger partial charge on any atom is 0.244 e. The number of ether oxygens (including phenoxy) is 1. The van der Waals surface area contributed by atoms with Gasteiger partial charge in [0.25, 0.3) is 0 Å². The van der Waals surface area contributed by atoms with Gasteiger partial charge < -0.3 is 25.4 Å². The Labute approximate surface area is 217 Å². The molecule has 2 unspecified atom stereocenters. The second-order valence-corrected chi connectivity index (χ2v) is 12.2. The predicted molar refractivity (Wildman–Crippen MR) is 141 cm³/mol. The molecule has 3 N–H and O–H groups in total. The Balaban J connectivity index is 1.59.